The van der Waals surface area contributed by atoms with E-state index in [9.17, 15) is 0 Å². The van der Waals surface area contributed by atoms with Gasteiger partial charge in [0.1, 0.15) is 0 Å². The lowest BCUT2D eigenvalue weighted by molar-refractivity contribution is -0.168. The Morgan fingerprint density at radius 3 is 1.53 bits per heavy atom. The highest BCUT2D eigenvalue weighted by Gasteiger charge is 2.35. The van der Waals surface area contributed by atoms with Crippen LogP contribution in [0.3, 0.4) is 0 Å². The van der Waals surface area contributed by atoms with E-state index in [0.29, 0.717) is 0 Å². The molecule has 1 heterocycles. The van der Waals surface area contributed by atoms with E-state index >= 15 is 0 Å². The molecule has 0 spiro atoms. The van der Waals surface area contributed by atoms with Gasteiger partial charge in [0, 0.05) is 12.8 Å². The summed E-state index contributed by atoms with van der Waals surface area (Å²) in [5.74, 6) is -0.265. The van der Waals surface area contributed by atoms with Crippen LogP contribution < -0.4 is 0 Å². The molecule has 0 N–H and O–H groups in total. The van der Waals surface area contributed by atoms with E-state index in [2.05, 4.69) is 38.0 Å². The van der Waals surface area contributed by atoms with Gasteiger partial charge in [0.2, 0.25) is 0 Å². The lowest BCUT2D eigenvalue weighted by Gasteiger charge is -2.28. The van der Waals surface area contributed by atoms with E-state index in [1.165, 1.54) is 25.7 Å². The minimum Gasteiger partial charge on any atom is -0.348 e. The van der Waals surface area contributed by atoms with Gasteiger partial charge in [-0.15, -0.1) is 0 Å². The third-order valence-electron chi connectivity index (χ3n) is 3.64. The Balaban J connectivity index is 2.21. The lowest BCUT2D eigenvalue weighted by atomic mass is 10.0. The second-order valence-electron chi connectivity index (χ2n) is 6.13. The minimum atomic E-state index is -0.265. The molecule has 0 bridgehead atoms. The van der Waals surface area contributed by atoms with Crippen LogP contribution in [0.5, 0.6) is 0 Å². The molecule has 1 fully saturated rings. The van der Waals surface area contributed by atoms with Crippen molar-refractivity contribution in [2.45, 2.75) is 44.3 Å². The van der Waals surface area contributed by atoms with Crippen molar-refractivity contribution < 1.29 is 9.47 Å². The first-order valence-corrected chi connectivity index (χ1v) is 7.61. The molecule has 0 aromatic heterocycles. The van der Waals surface area contributed by atoms with Crippen molar-refractivity contribution in [2.24, 2.45) is 0 Å². The summed E-state index contributed by atoms with van der Waals surface area (Å²) < 4.78 is 11.8. The Hall–Kier alpha value is -0.160. The number of nitrogens with zero attached hydrogens (tertiary/aromatic N) is 2. The van der Waals surface area contributed by atoms with Crippen molar-refractivity contribution in [3.63, 3.8) is 0 Å². The predicted molar refractivity (Wildman–Crippen MR) is 79.4 cm³/mol. The van der Waals surface area contributed by atoms with E-state index in [4.69, 9.17) is 9.47 Å². The average molecular weight is 272 g/mol. The van der Waals surface area contributed by atoms with E-state index < -0.39 is 0 Å². The van der Waals surface area contributed by atoms with Gasteiger partial charge in [0.15, 0.2) is 5.79 Å². The molecule has 114 valence electrons. The molecule has 0 aromatic carbocycles. The highest BCUT2D eigenvalue weighted by molar-refractivity contribution is 4.75. The van der Waals surface area contributed by atoms with Crippen LogP contribution in [0, 0.1) is 0 Å². The molecule has 4 nitrogen and oxygen atoms in total. The van der Waals surface area contributed by atoms with Crippen molar-refractivity contribution in [2.75, 3.05) is 54.5 Å². The molecule has 1 aliphatic heterocycles. The van der Waals surface area contributed by atoms with Crippen LogP contribution in [0.4, 0.5) is 0 Å². The summed E-state index contributed by atoms with van der Waals surface area (Å²) in [6.07, 6.45) is 6.90. The SMILES string of the molecule is CN(C)CCCCC1(CCCCN(C)C)OCCO1. The average Bonchev–Trinajstić information content (AvgIpc) is 2.79. The molecule has 0 saturated carbocycles. The molecular formula is C15H32N2O2. The largest absolute Gasteiger partial charge is 0.348 e. The summed E-state index contributed by atoms with van der Waals surface area (Å²) in [5.41, 5.74) is 0. The molecule has 0 aromatic rings. The van der Waals surface area contributed by atoms with Gasteiger partial charge < -0.3 is 19.3 Å². The molecule has 0 amide bonds. The van der Waals surface area contributed by atoms with Crippen LogP contribution >= 0.6 is 0 Å². The van der Waals surface area contributed by atoms with Gasteiger partial charge in [-0.3, -0.25) is 0 Å². The monoisotopic (exact) mass is 272 g/mol. The zero-order chi connectivity index (χ0) is 14.1. The first-order valence-electron chi connectivity index (χ1n) is 7.61. The number of ether oxygens (including phenoxy) is 2. The highest BCUT2D eigenvalue weighted by atomic mass is 16.7. The van der Waals surface area contributed by atoms with Gasteiger partial charge in [0.05, 0.1) is 13.2 Å². The maximum Gasteiger partial charge on any atom is 0.168 e. The maximum absolute atomic E-state index is 5.91. The Morgan fingerprint density at radius 1 is 0.737 bits per heavy atom. The highest BCUT2D eigenvalue weighted by Crippen LogP contribution is 2.31. The second-order valence-corrected chi connectivity index (χ2v) is 6.13. The summed E-state index contributed by atoms with van der Waals surface area (Å²) in [7, 11) is 8.50. The first-order chi connectivity index (χ1) is 9.04. The summed E-state index contributed by atoms with van der Waals surface area (Å²) in [4.78, 5) is 4.47. The Morgan fingerprint density at radius 2 is 1.16 bits per heavy atom. The number of rotatable bonds is 10. The molecule has 1 rings (SSSR count). The van der Waals surface area contributed by atoms with Crippen LogP contribution in [0.15, 0.2) is 0 Å². The van der Waals surface area contributed by atoms with Gasteiger partial charge >= 0.3 is 0 Å². The molecule has 4 heteroatoms. The topological polar surface area (TPSA) is 24.9 Å². The van der Waals surface area contributed by atoms with E-state index in [1.807, 2.05) is 0 Å². The summed E-state index contributed by atoms with van der Waals surface area (Å²) >= 11 is 0. The van der Waals surface area contributed by atoms with Crippen LogP contribution in [0.1, 0.15) is 38.5 Å². The van der Waals surface area contributed by atoms with Crippen molar-refractivity contribution >= 4 is 0 Å². The van der Waals surface area contributed by atoms with Crippen LogP contribution in [0.25, 0.3) is 0 Å². The number of hydrogen-bond acceptors (Lipinski definition) is 4. The summed E-state index contributed by atoms with van der Waals surface area (Å²) in [6, 6.07) is 0. The fourth-order valence-electron chi connectivity index (χ4n) is 2.56. The van der Waals surface area contributed by atoms with Gasteiger partial charge in [-0.1, -0.05) is 0 Å². The second kappa shape index (κ2) is 8.90. The fraction of sp³-hybridized carbons (Fsp3) is 1.00. The molecule has 0 aliphatic carbocycles. The lowest BCUT2D eigenvalue weighted by Crippen LogP contribution is -2.30. The summed E-state index contributed by atoms with van der Waals surface area (Å²) in [6.45, 7) is 3.83. The third kappa shape index (κ3) is 7.25. The Labute approximate surface area is 119 Å². The Kier molecular flexibility index (Phi) is 7.91. The van der Waals surface area contributed by atoms with E-state index in [1.54, 1.807) is 0 Å². The van der Waals surface area contributed by atoms with Crippen molar-refractivity contribution in [1.82, 2.24) is 9.80 Å². The molecule has 1 saturated heterocycles. The summed E-state index contributed by atoms with van der Waals surface area (Å²) in [5, 5.41) is 0. The van der Waals surface area contributed by atoms with Crippen LogP contribution in [0.2, 0.25) is 0 Å². The molecule has 0 radical (unpaired) electrons. The zero-order valence-electron chi connectivity index (χ0n) is 13.3. The normalized spacial score (nSPS) is 18.6. The van der Waals surface area contributed by atoms with Gasteiger partial charge in [-0.25, -0.2) is 0 Å². The fourth-order valence-corrected chi connectivity index (χ4v) is 2.56. The van der Waals surface area contributed by atoms with Crippen molar-refractivity contribution in [3.8, 4) is 0 Å². The minimum absolute atomic E-state index is 0.265. The van der Waals surface area contributed by atoms with Gasteiger partial charge in [0.25, 0.3) is 0 Å². The van der Waals surface area contributed by atoms with E-state index in [0.717, 1.165) is 39.1 Å². The smallest absolute Gasteiger partial charge is 0.168 e. The van der Waals surface area contributed by atoms with Crippen molar-refractivity contribution in [3.05, 3.63) is 0 Å². The van der Waals surface area contributed by atoms with Crippen LogP contribution in [-0.4, -0.2) is 70.1 Å². The quantitative estimate of drug-likeness (QED) is 0.569. The maximum atomic E-state index is 5.91. The molecule has 1 aliphatic rings. The third-order valence-corrected chi connectivity index (χ3v) is 3.64. The zero-order valence-corrected chi connectivity index (χ0v) is 13.3. The van der Waals surface area contributed by atoms with E-state index in [-0.39, 0.29) is 5.79 Å². The van der Waals surface area contributed by atoms with Gasteiger partial charge in [-0.2, -0.15) is 0 Å². The Bertz CT molecular complexity index is 208. The molecule has 0 unspecified atom stereocenters. The predicted octanol–water partition coefficient (Wildman–Crippen LogP) is 2.19. The number of hydrogen-bond donors (Lipinski definition) is 0. The first kappa shape index (κ1) is 16.9. The number of unbranched alkanes of at least 4 members (excludes halogenated alkanes) is 2. The van der Waals surface area contributed by atoms with Gasteiger partial charge in [-0.05, 0) is 67.0 Å². The van der Waals surface area contributed by atoms with Crippen molar-refractivity contribution in [1.29, 1.82) is 0 Å². The van der Waals surface area contributed by atoms with Crippen LogP contribution in [-0.2, 0) is 9.47 Å². The molecular weight excluding hydrogens is 240 g/mol. The molecule has 19 heavy (non-hydrogen) atoms. The molecule has 0 atom stereocenters. The standard InChI is InChI=1S/C15H32N2O2/c1-16(2)11-7-5-9-15(18-13-14-19-15)10-6-8-12-17(3)4/h5-14H2,1-4H3.